The van der Waals surface area contributed by atoms with Crippen molar-refractivity contribution in [3.05, 3.63) is 17.5 Å². The van der Waals surface area contributed by atoms with E-state index in [1.165, 1.54) is 11.8 Å². The van der Waals surface area contributed by atoms with Crippen molar-refractivity contribution >= 4 is 29.0 Å². The molecule has 2 rings (SSSR count). The van der Waals surface area contributed by atoms with Crippen LogP contribution in [0.25, 0.3) is 10.7 Å². The third-order valence-electron chi connectivity index (χ3n) is 2.35. The van der Waals surface area contributed by atoms with Gasteiger partial charge in [0.05, 0.1) is 4.88 Å². The number of thioether (sulfide) groups is 1. The summed E-state index contributed by atoms with van der Waals surface area (Å²) in [6.45, 7) is 2.86. The van der Waals surface area contributed by atoms with Gasteiger partial charge in [-0.3, -0.25) is 4.79 Å². The first-order valence-electron chi connectivity index (χ1n) is 5.60. The summed E-state index contributed by atoms with van der Waals surface area (Å²) in [4.78, 5) is 11.8. The number of aromatic nitrogens is 3. The highest BCUT2D eigenvalue weighted by Crippen LogP contribution is 2.27. The molecule has 2 N–H and O–H groups in total. The lowest BCUT2D eigenvalue weighted by Crippen LogP contribution is -2.11. The molecule has 5 nitrogen and oxygen atoms in total. The molecule has 0 fully saturated rings. The van der Waals surface area contributed by atoms with E-state index < -0.39 is 0 Å². The van der Waals surface area contributed by atoms with Crippen molar-refractivity contribution in [3.63, 3.8) is 0 Å². The number of nitrogens with two attached hydrogens (primary N) is 1. The van der Waals surface area contributed by atoms with Crippen LogP contribution in [0.5, 0.6) is 0 Å². The molecule has 0 aliphatic heterocycles. The average molecular weight is 282 g/mol. The van der Waals surface area contributed by atoms with E-state index in [9.17, 15) is 4.79 Å². The first-order valence-corrected chi connectivity index (χ1v) is 7.47. The number of rotatable bonds is 6. The number of hydrogen-bond donors (Lipinski definition) is 1. The SMILES string of the molecule is CCn1c(SCCC(N)=O)nnc1-c1cccs1. The molecule has 0 aliphatic carbocycles. The molecule has 0 bridgehead atoms. The van der Waals surface area contributed by atoms with Crippen LogP contribution in [0.3, 0.4) is 0 Å². The highest BCUT2D eigenvalue weighted by Gasteiger charge is 2.13. The van der Waals surface area contributed by atoms with Crippen molar-refractivity contribution in [1.29, 1.82) is 0 Å². The third kappa shape index (κ3) is 2.91. The Balaban J connectivity index is 2.15. The Morgan fingerprint density at radius 2 is 2.39 bits per heavy atom. The first kappa shape index (κ1) is 13.1. The highest BCUT2D eigenvalue weighted by atomic mass is 32.2. The minimum atomic E-state index is -0.288. The standard InChI is InChI=1S/C11H14N4OS2/c1-2-15-10(8-4-3-6-17-8)13-14-11(15)18-7-5-9(12)16/h3-4,6H,2,5,7H2,1H3,(H2,12,16). The van der Waals surface area contributed by atoms with Crippen LogP contribution in [0.4, 0.5) is 0 Å². The Morgan fingerprint density at radius 1 is 1.56 bits per heavy atom. The van der Waals surface area contributed by atoms with Gasteiger partial charge in [0.15, 0.2) is 11.0 Å². The van der Waals surface area contributed by atoms with Gasteiger partial charge in [-0.2, -0.15) is 0 Å². The number of primary amides is 1. The molecule has 0 unspecified atom stereocenters. The predicted octanol–water partition coefficient (Wildman–Crippen LogP) is 1.99. The monoisotopic (exact) mass is 282 g/mol. The lowest BCUT2D eigenvalue weighted by Gasteiger charge is -2.05. The fourth-order valence-corrected chi connectivity index (χ4v) is 3.18. The topological polar surface area (TPSA) is 73.8 Å². The van der Waals surface area contributed by atoms with Gasteiger partial charge in [0, 0.05) is 18.7 Å². The van der Waals surface area contributed by atoms with Gasteiger partial charge in [-0.15, -0.1) is 21.5 Å². The Labute approximate surface area is 113 Å². The van der Waals surface area contributed by atoms with Crippen molar-refractivity contribution in [2.75, 3.05) is 5.75 Å². The van der Waals surface area contributed by atoms with Gasteiger partial charge >= 0.3 is 0 Å². The number of nitrogens with zero attached hydrogens (tertiary/aromatic N) is 3. The van der Waals surface area contributed by atoms with E-state index in [1.807, 2.05) is 17.5 Å². The van der Waals surface area contributed by atoms with Crippen molar-refractivity contribution < 1.29 is 4.79 Å². The van der Waals surface area contributed by atoms with Gasteiger partial charge in [0.25, 0.3) is 0 Å². The van der Waals surface area contributed by atoms with Crippen LogP contribution in [-0.2, 0) is 11.3 Å². The molecule has 0 spiro atoms. The van der Waals surface area contributed by atoms with E-state index >= 15 is 0 Å². The number of amides is 1. The second kappa shape index (κ2) is 6.01. The summed E-state index contributed by atoms with van der Waals surface area (Å²) in [6, 6.07) is 4.02. The lowest BCUT2D eigenvalue weighted by molar-refractivity contribution is -0.117. The molecule has 0 saturated heterocycles. The maximum atomic E-state index is 10.7. The van der Waals surface area contributed by atoms with Crippen LogP contribution in [0, 0.1) is 0 Å². The van der Waals surface area contributed by atoms with Gasteiger partial charge < -0.3 is 10.3 Å². The summed E-state index contributed by atoms with van der Waals surface area (Å²) < 4.78 is 2.05. The second-order valence-corrected chi connectivity index (χ2v) is 5.60. The van der Waals surface area contributed by atoms with Crippen molar-refractivity contribution in [2.24, 2.45) is 5.73 Å². The largest absolute Gasteiger partial charge is 0.370 e. The first-order chi connectivity index (χ1) is 8.72. The fraction of sp³-hybridized carbons (Fsp3) is 0.364. The molecular formula is C11H14N4OS2. The third-order valence-corrected chi connectivity index (χ3v) is 4.19. The average Bonchev–Trinajstić information content (AvgIpc) is 2.95. The minimum Gasteiger partial charge on any atom is -0.370 e. The minimum absolute atomic E-state index is 0.288. The van der Waals surface area contributed by atoms with E-state index in [0.29, 0.717) is 12.2 Å². The summed E-state index contributed by atoms with van der Waals surface area (Å²) >= 11 is 3.15. The molecular weight excluding hydrogens is 268 g/mol. The van der Waals surface area contributed by atoms with E-state index in [1.54, 1.807) is 11.3 Å². The van der Waals surface area contributed by atoms with Crippen LogP contribution in [0.2, 0.25) is 0 Å². The highest BCUT2D eigenvalue weighted by molar-refractivity contribution is 7.99. The maximum Gasteiger partial charge on any atom is 0.218 e. The molecule has 0 radical (unpaired) electrons. The van der Waals surface area contributed by atoms with Crippen LogP contribution in [0.15, 0.2) is 22.7 Å². The van der Waals surface area contributed by atoms with E-state index in [-0.39, 0.29) is 5.91 Å². The summed E-state index contributed by atoms with van der Waals surface area (Å²) in [5, 5.41) is 11.2. The van der Waals surface area contributed by atoms with Crippen LogP contribution >= 0.6 is 23.1 Å². The van der Waals surface area contributed by atoms with E-state index in [0.717, 1.165) is 22.4 Å². The second-order valence-electron chi connectivity index (χ2n) is 3.59. The molecule has 2 aromatic rings. The molecule has 0 aromatic carbocycles. The smallest absolute Gasteiger partial charge is 0.218 e. The molecule has 0 atom stereocenters. The molecule has 1 amide bonds. The zero-order chi connectivity index (χ0) is 13.0. The Morgan fingerprint density at radius 3 is 3.00 bits per heavy atom. The van der Waals surface area contributed by atoms with Gasteiger partial charge in [0.2, 0.25) is 5.91 Å². The Bertz CT molecular complexity index is 521. The quantitative estimate of drug-likeness (QED) is 0.822. The molecule has 18 heavy (non-hydrogen) atoms. The predicted molar refractivity (Wildman–Crippen MR) is 73.5 cm³/mol. The number of carbonyl (C=O) groups is 1. The van der Waals surface area contributed by atoms with Crippen LogP contribution in [-0.4, -0.2) is 26.4 Å². The zero-order valence-corrected chi connectivity index (χ0v) is 11.6. The molecule has 7 heteroatoms. The molecule has 0 aliphatic rings. The Hall–Kier alpha value is -1.34. The molecule has 2 heterocycles. The Kier molecular flexibility index (Phi) is 4.38. The van der Waals surface area contributed by atoms with Crippen molar-refractivity contribution in [3.8, 4) is 10.7 Å². The number of thiophene rings is 1. The normalized spacial score (nSPS) is 10.7. The zero-order valence-electron chi connectivity index (χ0n) is 10.00. The van der Waals surface area contributed by atoms with Crippen molar-refractivity contribution in [2.45, 2.75) is 25.0 Å². The van der Waals surface area contributed by atoms with E-state index in [2.05, 4.69) is 21.7 Å². The van der Waals surface area contributed by atoms with Gasteiger partial charge in [-0.25, -0.2) is 0 Å². The number of carbonyl (C=O) groups excluding carboxylic acids is 1. The fourth-order valence-electron chi connectivity index (χ4n) is 1.51. The van der Waals surface area contributed by atoms with Gasteiger partial charge in [-0.1, -0.05) is 17.8 Å². The molecule has 96 valence electrons. The van der Waals surface area contributed by atoms with Crippen LogP contribution < -0.4 is 5.73 Å². The lowest BCUT2D eigenvalue weighted by atomic mass is 10.4. The summed E-state index contributed by atoms with van der Waals surface area (Å²) in [5.74, 6) is 1.23. The summed E-state index contributed by atoms with van der Waals surface area (Å²) in [5.41, 5.74) is 5.12. The summed E-state index contributed by atoms with van der Waals surface area (Å²) in [6.07, 6.45) is 0.357. The maximum absolute atomic E-state index is 10.7. The molecule has 0 saturated carbocycles. The van der Waals surface area contributed by atoms with Gasteiger partial charge in [0.1, 0.15) is 0 Å². The van der Waals surface area contributed by atoms with Crippen molar-refractivity contribution in [1.82, 2.24) is 14.8 Å². The number of hydrogen-bond acceptors (Lipinski definition) is 5. The van der Waals surface area contributed by atoms with E-state index in [4.69, 9.17) is 5.73 Å². The van der Waals surface area contributed by atoms with Crippen LogP contribution in [0.1, 0.15) is 13.3 Å². The summed E-state index contributed by atoms with van der Waals surface area (Å²) in [7, 11) is 0. The molecule has 2 aromatic heterocycles. The van der Waals surface area contributed by atoms with Gasteiger partial charge in [-0.05, 0) is 18.4 Å².